The molecule has 0 spiro atoms. The third-order valence-electron chi connectivity index (χ3n) is 3.53. The van der Waals surface area contributed by atoms with Gasteiger partial charge in [0.05, 0.1) is 26.3 Å². The topological polar surface area (TPSA) is 72.0 Å². The molecule has 0 saturated carbocycles. The zero-order valence-corrected chi connectivity index (χ0v) is 13.0. The van der Waals surface area contributed by atoms with Crippen molar-refractivity contribution >= 4 is 23.3 Å². The molecule has 3 aromatic rings. The van der Waals surface area contributed by atoms with Crippen LogP contribution in [0.1, 0.15) is 5.56 Å². The summed E-state index contributed by atoms with van der Waals surface area (Å²) in [5, 5.41) is 0. The number of hydrogen-bond donors (Lipinski definition) is 2. The van der Waals surface area contributed by atoms with Crippen LogP contribution in [0.5, 0.6) is 11.5 Å². The largest absolute Gasteiger partial charge is 0.497 e. The van der Waals surface area contributed by atoms with Crippen molar-refractivity contribution in [2.75, 3.05) is 14.2 Å². The minimum atomic E-state index is -0.219. The summed E-state index contributed by atoms with van der Waals surface area (Å²) in [5.41, 5.74) is 1.98. The van der Waals surface area contributed by atoms with Crippen LogP contribution in [0.4, 0.5) is 0 Å². The number of benzene rings is 1. The van der Waals surface area contributed by atoms with Gasteiger partial charge in [-0.1, -0.05) is 0 Å². The highest BCUT2D eigenvalue weighted by Crippen LogP contribution is 2.26. The van der Waals surface area contributed by atoms with Gasteiger partial charge in [0.25, 0.3) is 5.56 Å². The van der Waals surface area contributed by atoms with E-state index in [1.807, 2.05) is 28.8 Å². The standard InChI is InChI=1S/C15H15N3O3S/c1-20-10-4-3-9(12(7-10)21-2)8-18-11-5-6-16-13(11)14(19)17-15(18)22/h3-7,16H,8H2,1-2H3,(H,17,19,22). The number of rotatable bonds is 4. The second-order valence-electron chi connectivity index (χ2n) is 4.76. The maximum Gasteiger partial charge on any atom is 0.276 e. The molecule has 2 aromatic heterocycles. The number of nitrogens with zero attached hydrogens (tertiary/aromatic N) is 1. The fourth-order valence-electron chi connectivity index (χ4n) is 2.41. The average Bonchev–Trinajstić information content (AvgIpc) is 3.01. The molecule has 0 fully saturated rings. The van der Waals surface area contributed by atoms with E-state index in [0.717, 1.165) is 16.8 Å². The molecule has 0 bridgehead atoms. The smallest absolute Gasteiger partial charge is 0.276 e. The number of fused-ring (bicyclic) bond motifs is 1. The quantitative estimate of drug-likeness (QED) is 0.725. The van der Waals surface area contributed by atoms with Gasteiger partial charge in [-0.15, -0.1) is 0 Å². The van der Waals surface area contributed by atoms with Crippen molar-refractivity contribution in [2.45, 2.75) is 6.54 Å². The van der Waals surface area contributed by atoms with Crippen molar-refractivity contribution in [3.05, 3.63) is 51.2 Å². The van der Waals surface area contributed by atoms with Gasteiger partial charge in [0.1, 0.15) is 17.0 Å². The highest BCUT2D eigenvalue weighted by molar-refractivity contribution is 7.71. The normalized spacial score (nSPS) is 10.8. The lowest BCUT2D eigenvalue weighted by atomic mass is 10.2. The molecular weight excluding hydrogens is 302 g/mol. The van der Waals surface area contributed by atoms with Gasteiger partial charge in [-0.25, -0.2) is 0 Å². The van der Waals surface area contributed by atoms with Crippen LogP contribution >= 0.6 is 12.2 Å². The van der Waals surface area contributed by atoms with Crippen LogP contribution in [0.25, 0.3) is 11.0 Å². The molecule has 6 nitrogen and oxygen atoms in total. The van der Waals surface area contributed by atoms with Crippen molar-refractivity contribution in [2.24, 2.45) is 0 Å². The van der Waals surface area contributed by atoms with Crippen molar-refractivity contribution in [1.82, 2.24) is 14.5 Å². The number of aromatic amines is 2. The van der Waals surface area contributed by atoms with Gasteiger partial charge in [-0.3, -0.25) is 9.78 Å². The minimum absolute atomic E-state index is 0.219. The average molecular weight is 317 g/mol. The van der Waals surface area contributed by atoms with E-state index in [-0.39, 0.29) is 5.56 Å². The van der Waals surface area contributed by atoms with E-state index >= 15 is 0 Å². The van der Waals surface area contributed by atoms with Crippen LogP contribution in [0.2, 0.25) is 0 Å². The summed E-state index contributed by atoms with van der Waals surface area (Å²) in [4.78, 5) is 17.5. The first-order valence-electron chi connectivity index (χ1n) is 6.65. The highest BCUT2D eigenvalue weighted by Gasteiger charge is 2.10. The summed E-state index contributed by atoms with van der Waals surface area (Å²) in [6.07, 6.45) is 1.72. The van der Waals surface area contributed by atoms with E-state index in [9.17, 15) is 4.79 Å². The predicted molar refractivity (Wildman–Crippen MR) is 86.4 cm³/mol. The van der Waals surface area contributed by atoms with Crippen LogP contribution < -0.4 is 15.0 Å². The van der Waals surface area contributed by atoms with Gasteiger partial charge >= 0.3 is 0 Å². The number of hydrogen-bond acceptors (Lipinski definition) is 4. The lowest BCUT2D eigenvalue weighted by Gasteiger charge is -2.13. The SMILES string of the molecule is COc1ccc(Cn2c(=S)[nH]c(=O)c3[nH]ccc32)c(OC)c1. The number of ether oxygens (including phenoxy) is 2. The van der Waals surface area contributed by atoms with Crippen molar-refractivity contribution in [1.29, 1.82) is 0 Å². The zero-order valence-electron chi connectivity index (χ0n) is 12.2. The predicted octanol–water partition coefficient (Wildman–Crippen LogP) is 2.45. The molecule has 0 atom stereocenters. The molecular formula is C15H15N3O3S. The van der Waals surface area contributed by atoms with Crippen LogP contribution in [0.15, 0.2) is 35.3 Å². The molecule has 0 aliphatic carbocycles. The second kappa shape index (κ2) is 5.69. The number of methoxy groups -OCH3 is 2. The Kier molecular flexibility index (Phi) is 3.72. The van der Waals surface area contributed by atoms with E-state index in [2.05, 4.69) is 9.97 Å². The Balaban J connectivity index is 2.13. The third kappa shape index (κ3) is 2.39. The van der Waals surface area contributed by atoms with Gasteiger partial charge in [0, 0.05) is 17.8 Å². The Labute approximate surface area is 131 Å². The highest BCUT2D eigenvalue weighted by atomic mass is 32.1. The van der Waals surface area contributed by atoms with Crippen molar-refractivity contribution in [3.63, 3.8) is 0 Å². The van der Waals surface area contributed by atoms with Gasteiger partial charge in [-0.2, -0.15) is 0 Å². The zero-order chi connectivity index (χ0) is 15.7. The third-order valence-corrected chi connectivity index (χ3v) is 3.85. The molecule has 0 amide bonds. The number of aromatic nitrogens is 3. The first kappa shape index (κ1) is 14.4. The summed E-state index contributed by atoms with van der Waals surface area (Å²) in [7, 11) is 3.21. The van der Waals surface area contributed by atoms with Crippen molar-refractivity contribution in [3.8, 4) is 11.5 Å². The lowest BCUT2D eigenvalue weighted by Crippen LogP contribution is -2.15. The van der Waals surface area contributed by atoms with Crippen molar-refractivity contribution < 1.29 is 9.47 Å². The monoisotopic (exact) mass is 317 g/mol. The Morgan fingerprint density at radius 3 is 2.77 bits per heavy atom. The van der Waals surface area contributed by atoms with E-state index in [1.54, 1.807) is 20.4 Å². The van der Waals surface area contributed by atoms with E-state index in [1.165, 1.54) is 0 Å². The Bertz CT molecular complexity index is 939. The lowest BCUT2D eigenvalue weighted by molar-refractivity contribution is 0.390. The maximum absolute atomic E-state index is 11.9. The summed E-state index contributed by atoms with van der Waals surface area (Å²) in [6.45, 7) is 0.483. The number of H-pyrrole nitrogens is 2. The van der Waals surface area contributed by atoms with E-state index in [0.29, 0.717) is 22.6 Å². The van der Waals surface area contributed by atoms with E-state index < -0.39 is 0 Å². The Hall–Kier alpha value is -2.54. The molecule has 2 N–H and O–H groups in total. The molecule has 114 valence electrons. The first-order valence-corrected chi connectivity index (χ1v) is 7.06. The van der Waals surface area contributed by atoms with Gasteiger partial charge in [0.15, 0.2) is 4.77 Å². The van der Waals surface area contributed by atoms with Gasteiger partial charge in [0.2, 0.25) is 0 Å². The second-order valence-corrected chi connectivity index (χ2v) is 5.15. The van der Waals surface area contributed by atoms with Crippen LogP contribution in [-0.4, -0.2) is 28.8 Å². The van der Waals surface area contributed by atoms with E-state index in [4.69, 9.17) is 21.7 Å². The Morgan fingerprint density at radius 2 is 2.05 bits per heavy atom. The van der Waals surface area contributed by atoms with Crippen LogP contribution in [-0.2, 0) is 6.54 Å². The summed E-state index contributed by atoms with van der Waals surface area (Å²) < 4.78 is 12.8. The summed E-state index contributed by atoms with van der Waals surface area (Å²) in [6, 6.07) is 7.43. The maximum atomic E-state index is 11.9. The molecule has 0 aliphatic rings. The molecule has 3 rings (SSSR count). The molecule has 0 radical (unpaired) electrons. The van der Waals surface area contributed by atoms with Crippen LogP contribution in [0.3, 0.4) is 0 Å². The van der Waals surface area contributed by atoms with Gasteiger partial charge < -0.3 is 19.0 Å². The molecule has 0 unspecified atom stereocenters. The first-order chi connectivity index (χ1) is 10.6. The fourth-order valence-corrected chi connectivity index (χ4v) is 2.67. The molecule has 7 heteroatoms. The molecule has 22 heavy (non-hydrogen) atoms. The molecule has 1 aromatic carbocycles. The van der Waals surface area contributed by atoms with Crippen LogP contribution in [0, 0.1) is 4.77 Å². The molecule has 0 saturated heterocycles. The minimum Gasteiger partial charge on any atom is -0.497 e. The fraction of sp³-hybridized carbons (Fsp3) is 0.200. The number of nitrogens with one attached hydrogen (secondary N) is 2. The molecule has 0 aliphatic heterocycles. The van der Waals surface area contributed by atoms with Gasteiger partial charge in [-0.05, 0) is 30.4 Å². The summed E-state index contributed by atoms with van der Waals surface area (Å²) in [5.74, 6) is 1.42. The Morgan fingerprint density at radius 1 is 1.23 bits per heavy atom. The molecule has 2 heterocycles. The summed E-state index contributed by atoms with van der Waals surface area (Å²) >= 11 is 5.29.